The van der Waals surface area contributed by atoms with Crippen molar-refractivity contribution in [2.24, 2.45) is 5.73 Å². The van der Waals surface area contributed by atoms with Gasteiger partial charge in [0.25, 0.3) is 0 Å². The van der Waals surface area contributed by atoms with Crippen molar-refractivity contribution in [1.29, 1.82) is 0 Å². The molecule has 3 heteroatoms. The van der Waals surface area contributed by atoms with Crippen molar-refractivity contribution in [3.05, 3.63) is 0 Å². The van der Waals surface area contributed by atoms with E-state index in [4.69, 9.17) is 5.73 Å². The molecule has 1 saturated heterocycles. The summed E-state index contributed by atoms with van der Waals surface area (Å²) in [5.74, 6) is 0. The van der Waals surface area contributed by atoms with E-state index in [9.17, 15) is 0 Å². The van der Waals surface area contributed by atoms with Gasteiger partial charge in [-0.1, -0.05) is 6.92 Å². The van der Waals surface area contributed by atoms with Gasteiger partial charge in [0.05, 0.1) is 0 Å². The molecule has 0 aromatic carbocycles. The molecule has 0 aliphatic carbocycles. The molecule has 0 saturated carbocycles. The highest BCUT2D eigenvalue weighted by Crippen LogP contribution is 2.14. The molecule has 1 rings (SSSR count). The molecule has 1 aliphatic heterocycles. The maximum absolute atomic E-state index is 5.59. The van der Waals surface area contributed by atoms with E-state index in [1.807, 2.05) is 0 Å². The predicted molar refractivity (Wildman–Crippen MR) is 56.8 cm³/mol. The average molecular weight is 185 g/mol. The van der Waals surface area contributed by atoms with Crippen molar-refractivity contribution in [3.8, 4) is 0 Å². The van der Waals surface area contributed by atoms with Crippen molar-refractivity contribution in [1.82, 2.24) is 9.80 Å². The molecule has 2 N–H and O–H groups in total. The molecule has 0 bridgehead atoms. The summed E-state index contributed by atoms with van der Waals surface area (Å²) in [6.07, 6.45) is 2.62. The van der Waals surface area contributed by atoms with Crippen LogP contribution in [0.4, 0.5) is 0 Å². The van der Waals surface area contributed by atoms with Crippen LogP contribution in [-0.4, -0.2) is 55.6 Å². The van der Waals surface area contributed by atoms with Gasteiger partial charge in [-0.2, -0.15) is 0 Å². The minimum absolute atomic E-state index is 0.782. The normalized spacial score (nSPS) is 21.2. The Morgan fingerprint density at radius 3 is 2.46 bits per heavy atom. The van der Waals surface area contributed by atoms with Crippen LogP contribution in [0.5, 0.6) is 0 Å². The lowest BCUT2D eigenvalue weighted by Crippen LogP contribution is -2.45. The van der Waals surface area contributed by atoms with Gasteiger partial charge in [0.2, 0.25) is 0 Å². The number of hydrogen-bond donors (Lipinski definition) is 1. The Bertz CT molecular complexity index is 130. The van der Waals surface area contributed by atoms with Gasteiger partial charge in [0, 0.05) is 19.1 Å². The third-order valence-corrected chi connectivity index (χ3v) is 3.03. The van der Waals surface area contributed by atoms with Crippen LogP contribution in [0.2, 0.25) is 0 Å². The smallest absolute Gasteiger partial charge is 0.0120 e. The van der Waals surface area contributed by atoms with E-state index in [1.54, 1.807) is 0 Å². The fourth-order valence-electron chi connectivity index (χ4n) is 2.12. The largest absolute Gasteiger partial charge is 0.329 e. The molecule has 1 fully saturated rings. The first-order valence-corrected chi connectivity index (χ1v) is 5.40. The summed E-state index contributed by atoms with van der Waals surface area (Å²) in [5.41, 5.74) is 5.59. The maximum Gasteiger partial charge on any atom is 0.0120 e. The average Bonchev–Trinajstić information content (AvgIpc) is 2.16. The van der Waals surface area contributed by atoms with Gasteiger partial charge >= 0.3 is 0 Å². The zero-order chi connectivity index (χ0) is 9.68. The molecule has 0 radical (unpaired) electrons. The molecule has 0 amide bonds. The number of hydrogen-bond acceptors (Lipinski definition) is 3. The van der Waals surface area contributed by atoms with E-state index in [-0.39, 0.29) is 0 Å². The lowest BCUT2D eigenvalue weighted by Gasteiger charge is -2.36. The van der Waals surface area contributed by atoms with Crippen LogP contribution < -0.4 is 5.73 Å². The van der Waals surface area contributed by atoms with E-state index in [1.165, 1.54) is 25.9 Å². The highest BCUT2D eigenvalue weighted by Gasteiger charge is 2.20. The van der Waals surface area contributed by atoms with Gasteiger partial charge in [-0.05, 0) is 39.5 Å². The summed E-state index contributed by atoms with van der Waals surface area (Å²) in [7, 11) is 2.20. The third-order valence-electron chi connectivity index (χ3n) is 3.03. The fraction of sp³-hybridized carbons (Fsp3) is 1.00. The summed E-state index contributed by atoms with van der Waals surface area (Å²) in [6, 6.07) is 0.782. The first kappa shape index (κ1) is 11.0. The van der Waals surface area contributed by atoms with E-state index < -0.39 is 0 Å². The maximum atomic E-state index is 5.59. The Kier molecular flexibility index (Phi) is 4.70. The number of rotatable bonds is 4. The zero-order valence-electron chi connectivity index (χ0n) is 9.00. The Labute approximate surface area is 81.9 Å². The van der Waals surface area contributed by atoms with Gasteiger partial charge < -0.3 is 10.6 Å². The first-order valence-electron chi connectivity index (χ1n) is 5.40. The van der Waals surface area contributed by atoms with Crippen molar-refractivity contribution in [2.75, 3.05) is 39.8 Å². The van der Waals surface area contributed by atoms with Crippen LogP contribution in [-0.2, 0) is 0 Å². The molecule has 0 aromatic heterocycles. The van der Waals surface area contributed by atoms with E-state index >= 15 is 0 Å². The molecular formula is C10H23N3. The van der Waals surface area contributed by atoms with Crippen LogP contribution >= 0.6 is 0 Å². The molecule has 13 heavy (non-hydrogen) atoms. The summed E-state index contributed by atoms with van der Waals surface area (Å²) in [4.78, 5) is 4.93. The molecule has 0 aromatic rings. The summed E-state index contributed by atoms with van der Waals surface area (Å²) in [6.45, 7) is 7.71. The third kappa shape index (κ3) is 3.25. The van der Waals surface area contributed by atoms with E-state index in [2.05, 4.69) is 23.8 Å². The summed E-state index contributed by atoms with van der Waals surface area (Å²) < 4.78 is 0. The van der Waals surface area contributed by atoms with Crippen molar-refractivity contribution >= 4 is 0 Å². The van der Waals surface area contributed by atoms with Crippen molar-refractivity contribution < 1.29 is 0 Å². The molecule has 78 valence electrons. The fourth-order valence-corrected chi connectivity index (χ4v) is 2.12. The van der Waals surface area contributed by atoms with E-state index in [0.29, 0.717) is 0 Å². The van der Waals surface area contributed by atoms with E-state index in [0.717, 1.165) is 25.7 Å². The van der Waals surface area contributed by atoms with Gasteiger partial charge in [0.1, 0.15) is 0 Å². The number of nitrogens with zero attached hydrogens (tertiary/aromatic N) is 2. The van der Waals surface area contributed by atoms with Crippen molar-refractivity contribution in [2.45, 2.75) is 25.8 Å². The Balaban J connectivity index is 2.32. The number of likely N-dealkylation sites (tertiary alicyclic amines) is 1. The second kappa shape index (κ2) is 5.58. The minimum Gasteiger partial charge on any atom is -0.329 e. The van der Waals surface area contributed by atoms with Gasteiger partial charge in [-0.15, -0.1) is 0 Å². The summed E-state index contributed by atoms with van der Waals surface area (Å²) >= 11 is 0. The second-order valence-electron chi connectivity index (χ2n) is 3.95. The van der Waals surface area contributed by atoms with Gasteiger partial charge in [-0.25, -0.2) is 0 Å². The van der Waals surface area contributed by atoms with Crippen LogP contribution in [0, 0.1) is 0 Å². The first-order chi connectivity index (χ1) is 6.27. The van der Waals surface area contributed by atoms with Crippen LogP contribution in [0.15, 0.2) is 0 Å². The minimum atomic E-state index is 0.782. The van der Waals surface area contributed by atoms with Crippen LogP contribution in [0.3, 0.4) is 0 Å². The molecule has 0 atom stereocenters. The summed E-state index contributed by atoms with van der Waals surface area (Å²) in [5, 5.41) is 0. The highest BCUT2D eigenvalue weighted by molar-refractivity contribution is 4.77. The standard InChI is InChI=1S/C10H23N3/c1-3-13(9-6-11)10-4-7-12(2)8-5-10/h10H,3-9,11H2,1-2H3. The number of likely N-dealkylation sites (N-methyl/N-ethyl adjacent to an activating group) is 1. The predicted octanol–water partition coefficient (Wildman–Crippen LogP) is 0.361. The molecule has 0 spiro atoms. The van der Waals surface area contributed by atoms with Crippen LogP contribution in [0.1, 0.15) is 19.8 Å². The van der Waals surface area contributed by atoms with Gasteiger partial charge in [-0.3, -0.25) is 4.90 Å². The topological polar surface area (TPSA) is 32.5 Å². The SMILES string of the molecule is CCN(CCN)C1CCN(C)CC1. The lowest BCUT2D eigenvalue weighted by molar-refractivity contribution is 0.129. The molecule has 1 heterocycles. The van der Waals surface area contributed by atoms with Crippen molar-refractivity contribution in [3.63, 3.8) is 0 Å². The highest BCUT2D eigenvalue weighted by atomic mass is 15.2. The Hall–Kier alpha value is -0.120. The zero-order valence-corrected chi connectivity index (χ0v) is 9.00. The lowest BCUT2D eigenvalue weighted by atomic mass is 10.0. The van der Waals surface area contributed by atoms with Gasteiger partial charge in [0.15, 0.2) is 0 Å². The molecule has 1 aliphatic rings. The second-order valence-corrected chi connectivity index (χ2v) is 3.95. The Morgan fingerprint density at radius 2 is 2.00 bits per heavy atom. The molecular weight excluding hydrogens is 162 g/mol. The quantitative estimate of drug-likeness (QED) is 0.686. The number of piperidine rings is 1. The number of nitrogens with two attached hydrogens (primary N) is 1. The Morgan fingerprint density at radius 1 is 1.38 bits per heavy atom. The molecule has 0 unspecified atom stereocenters. The monoisotopic (exact) mass is 185 g/mol. The molecule has 3 nitrogen and oxygen atoms in total. The van der Waals surface area contributed by atoms with Crippen LogP contribution in [0.25, 0.3) is 0 Å².